The topological polar surface area (TPSA) is 49.4 Å². The van der Waals surface area contributed by atoms with Gasteiger partial charge >= 0.3 is 0 Å². The van der Waals surface area contributed by atoms with Crippen LogP contribution in [0.4, 0.5) is 0 Å². The Morgan fingerprint density at radius 3 is 2.75 bits per heavy atom. The number of nitrogens with zero attached hydrogens (tertiary/aromatic N) is 1. The Kier molecular flexibility index (Phi) is 4.80. The summed E-state index contributed by atoms with van der Waals surface area (Å²) in [6, 6.07) is 3.30. The van der Waals surface area contributed by atoms with Gasteiger partial charge in [0.05, 0.1) is 0 Å². The SMILES string of the molecule is C#CC(=O)N(C)C(C(=O)NC1CCCC1)c1cccs1. The Labute approximate surface area is 123 Å². The minimum atomic E-state index is -0.640. The van der Waals surface area contributed by atoms with Gasteiger partial charge in [-0.3, -0.25) is 9.59 Å². The molecule has 1 N–H and O–H groups in total. The zero-order chi connectivity index (χ0) is 14.5. The summed E-state index contributed by atoms with van der Waals surface area (Å²) in [4.78, 5) is 26.4. The van der Waals surface area contributed by atoms with Crippen LogP contribution in [0.2, 0.25) is 0 Å². The van der Waals surface area contributed by atoms with Gasteiger partial charge in [-0.15, -0.1) is 17.8 Å². The first-order valence-corrected chi connectivity index (χ1v) is 7.58. The maximum atomic E-state index is 12.5. The number of amides is 2. The molecule has 0 aliphatic heterocycles. The zero-order valence-electron chi connectivity index (χ0n) is 11.5. The van der Waals surface area contributed by atoms with E-state index in [9.17, 15) is 9.59 Å². The molecule has 1 fully saturated rings. The van der Waals surface area contributed by atoms with Gasteiger partial charge in [0, 0.05) is 18.0 Å². The number of hydrogen-bond donors (Lipinski definition) is 1. The largest absolute Gasteiger partial charge is 0.351 e. The highest BCUT2D eigenvalue weighted by molar-refractivity contribution is 7.10. The number of carbonyl (C=O) groups excluding carboxylic acids is 2. The standard InChI is InChI=1S/C15H18N2O2S/c1-3-13(18)17(2)14(12-9-6-10-20-12)15(19)16-11-7-4-5-8-11/h1,6,9-11,14H,4-5,7-8H2,2H3,(H,16,19). The van der Waals surface area contributed by atoms with Crippen LogP contribution in [0.3, 0.4) is 0 Å². The molecule has 0 saturated heterocycles. The first kappa shape index (κ1) is 14.6. The maximum absolute atomic E-state index is 12.5. The zero-order valence-corrected chi connectivity index (χ0v) is 12.3. The lowest BCUT2D eigenvalue weighted by atomic mass is 10.1. The summed E-state index contributed by atoms with van der Waals surface area (Å²) in [7, 11) is 1.57. The molecule has 2 rings (SSSR count). The second-order valence-corrected chi connectivity index (χ2v) is 5.95. The maximum Gasteiger partial charge on any atom is 0.298 e. The van der Waals surface area contributed by atoms with Gasteiger partial charge < -0.3 is 10.2 Å². The third kappa shape index (κ3) is 3.20. The molecular weight excluding hydrogens is 272 g/mol. The third-order valence-electron chi connectivity index (χ3n) is 3.59. The highest BCUT2D eigenvalue weighted by atomic mass is 32.1. The molecule has 1 aliphatic carbocycles. The molecule has 106 valence electrons. The van der Waals surface area contributed by atoms with Crippen LogP contribution in [0.25, 0.3) is 0 Å². The van der Waals surface area contributed by atoms with Gasteiger partial charge in [0.2, 0.25) is 5.91 Å². The Morgan fingerprint density at radius 1 is 1.50 bits per heavy atom. The molecule has 1 unspecified atom stereocenters. The van der Waals surface area contributed by atoms with E-state index in [0.29, 0.717) is 0 Å². The predicted octanol–water partition coefficient (Wildman–Crippen LogP) is 1.94. The van der Waals surface area contributed by atoms with Crippen molar-refractivity contribution in [1.29, 1.82) is 0 Å². The van der Waals surface area contributed by atoms with Crippen molar-refractivity contribution < 1.29 is 9.59 Å². The van der Waals surface area contributed by atoms with Crippen LogP contribution in [0.1, 0.15) is 36.6 Å². The van der Waals surface area contributed by atoms with Crippen molar-refractivity contribution in [3.05, 3.63) is 22.4 Å². The summed E-state index contributed by atoms with van der Waals surface area (Å²) >= 11 is 1.45. The summed E-state index contributed by atoms with van der Waals surface area (Å²) < 4.78 is 0. The number of nitrogens with one attached hydrogen (secondary N) is 1. The number of carbonyl (C=O) groups is 2. The number of thiophene rings is 1. The fraction of sp³-hybridized carbons (Fsp3) is 0.467. The normalized spacial score (nSPS) is 16.4. The van der Waals surface area contributed by atoms with E-state index in [4.69, 9.17) is 6.42 Å². The van der Waals surface area contributed by atoms with Crippen molar-refractivity contribution >= 4 is 23.2 Å². The smallest absolute Gasteiger partial charge is 0.298 e. The molecule has 1 heterocycles. The van der Waals surface area contributed by atoms with Crippen LogP contribution in [0.15, 0.2) is 17.5 Å². The monoisotopic (exact) mass is 290 g/mol. The second kappa shape index (κ2) is 6.58. The number of terminal acetylenes is 1. The second-order valence-electron chi connectivity index (χ2n) is 4.97. The van der Waals surface area contributed by atoms with Crippen LogP contribution in [-0.4, -0.2) is 29.8 Å². The number of hydrogen-bond acceptors (Lipinski definition) is 3. The van der Waals surface area contributed by atoms with E-state index < -0.39 is 11.9 Å². The first-order valence-electron chi connectivity index (χ1n) is 6.70. The molecule has 0 spiro atoms. The van der Waals surface area contributed by atoms with E-state index in [0.717, 1.165) is 30.6 Å². The van der Waals surface area contributed by atoms with Gasteiger partial charge in [-0.05, 0) is 30.2 Å². The number of rotatable bonds is 4. The Bertz CT molecular complexity index is 512. The molecule has 1 aromatic heterocycles. The van der Waals surface area contributed by atoms with Crippen molar-refractivity contribution in [2.75, 3.05) is 7.05 Å². The van der Waals surface area contributed by atoms with Crippen molar-refractivity contribution in [1.82, 2.24) is 10.2 Å². The van der Waals surface area contributed by atoms with E-state index in [2.05, 4.69) is 11.2 Å². The fourth-order valence-corrected chi connectivity index (χ4v) is 3.38. The van der Waals surface area contributed by atoms with Crippen LogP contribution in [0.5, 0.6) is 0 Å². The molecule has 0 aromatic carbocycles. The molecule has 4 nitrogen and oxygen atoms in total. The Balaban J connectivity index is 2.15. The van der Waals surface area contributed by atoms with Crippen LogP contribution in [0, 0.1) is 12.3 Å². The van der Waals surface area contributed by atoms with Crippen LogP contribution >= 0.6 is 11.3 Å². The van der Waals surface area contributed by atoms with E-state index in [1.54, 1.807) is 7.05 Å². The van der Waals surface area contributed by atoms with Crippen molar-refractivity contribution in [2.24, 2.45) is 0 Å². The molecule has 0 bridgehead atoms. The average Bonchev–Trinajstić information content (AvgIpc) is 3.11. The molecule has 5 heteroatoms. The van der Waals surface area contributed by atoms with Gasteiger partial charge in [-0.2, -0.15) is 0 Å². The van der Waals surface area contributed by atoms with Crippen LogP contribution < -0.4 is 5.32 Å². The molecule has 1 aliphatic rings. The Morgan fingerprint density at radius 2 is 2.20 bits per heavy atom. The number of likely N-dealkylation sites (N-methyl/N-ethyl adjacent to an activating group) is 1. The fourth-order valence-electron chi connectivity index (χ4n) is 2.51. The van der Waals surface area contributed by atoms with E-state index in [1.807, 2.05) is 17.5 Å². The molecule has 2 amide bonds. The van der Waals surface area contributed by atoms with Gasteiger partial charge in [0.1, 0.15) is 6.04 Å². The molecular formula is C15H18N2O2S. The summed E-state index contributed by atoms with van der Waals surface area (Å²) in [5.41, 5.74) is 0. The molecule has 1 saturated carbocycles. The quantitative estimate of drug-likeness (QED) is 0.862. The van der Waals surface area contributed by atoms with E-state index >= 15 is 0 Å². The predicted molar refractivity (Wildman–Crippen MR) is 79.1 cm³/mol. The lowest BCUT2D eigenvalue weighted by Crippen LogP contribution is -2.43. The third-order valence-corrected chi connectivity index (χ3v) is 4.52. The van der Waals surface area contributed by atoms with Crippen molar-refractivity contribution in [2.45, 2.75) is 37.8 Å². The highest BCUT2D eigenvalue weighted by Crippen LogP contribution is 2.26. The molecule has 20 heavy (non-hydrogen) atoms. The van der Waals surface area contributed by atoms with Crippen LogP contribution in [-0.2, 0) is 9.59 Å². The minimum Gasteiger partial charge on any atom is -0.351 e. The minimum absolute atomic E-state index is 0.148. The van der Waals surface area contributed by atoms with Gasteiger partial charge in [0.15, 0.2) is 0 Å². The van der Waals surface area contributed by atoms with E-state index in [-0.39, 0.29) is 11.9 Å². The summed E-state index contributed by atoms with van der Waals surface area (Å²) in [5, 5.41) is 4.92. The van der Waals surface area contributed by atoms with Gasteiger partial charge in [0.25, 0.3) is 5.91 Å². The Hall–Kier alpha value is -1.80. The van der Waals surface area contributed by atoms with E-state index in [1.165, 1.54) is 16.2 Å². The van der Waals surface area contributed by atoms with Gasteiger partial charge in [-0.25, -0.2) is 0 Å². The van der Waals surface area contributed by atoms with Crippen molar-refractivity contribution in [3.63, 3.8) is 0 Å². The van der Waals surface area contributed by atoms with Gasteiger partial charge in [-0.1, -0.05) is 18.9 Å². The lowest BCUT2D eigenvalue weighted by Gasteiger charge is -2.26. The molecule has 1 aromatic rings. The first-order chi connectivity index (χ1) is 9.63. The summed E-state index contributed by atoms with van der Waals surface area (Å²) in [6.45, 7) is 0. The summed E-state index contributed by atoms with van der Waals surface area (Å²) in [5.74, 6) is 1.44. The lowest BCUT2D eigenvalue weighted by molar-refractivity contribution is -0.135. The average molecular weight is 290 g/mol. The van der Waals surface area contributed by atoms with Crippen molar-refractivity contribution in [3.8, 4) is 12.3 Å². The summed E-state index contributed by atoms with van der Waals surface area (Å²) in [6.07, 6.45) is 9.47. The molecule has 1 atom stereocenters. The molecule has 0 radical (unpaired) electrons. The highest BCUT2D eigenvalue weighted by Gasteiger charge is 2.30.